The Bertz CT molecular complexity index is 841. The van der Waals surface area contributed by atoms with E-state index in [0.29, 0.717) is 12.1 Å². The number of aryl methyl sites for hydroxylation is 1. The Morgan fingerprint density at radius 1 is 0.964 bits per heavy atom. The van der Waals surface area contributed by atoms with E-state index in [0.717, 1.165) is 41.7 Å². The van der Waals surface area contributed by atoms with Crippen LogP contribution in [0.15, 0.2) is 36.4 Å². The van der Waals surface area contributed by atoms with Gasteiger partial charge < -0.3 is 14.4 Å². The van der Waals surface area contributed by atoms with E-state index in [-0.39, 0.29) is 0 Å². The summed E-state index contributed by atoms with van der Waals surface area (Å²) >= 11 is 6.22. The second-order valence-electron chi connectivity index (χ2n) is 7.83. The lowest BCUT2D eigenvalue weighted by Gasteiger charge is -2.49. The highest BCUT2D eigenvalue weighted by Gasteiger charge is 2.36. The van der Waals surface area contributed by atoms with Gasteiger partial charge in [-0.05, 0) is 67.6 Å². The summed E-state index contributed by atoms with van der Waals surface area (Å²) in [5, 5.41) is 0.841. The maximum atomic E-state index is 6.22. The minimum atomic E-state index is 0.452. The van der Waals surface area contributed by atoms with Crippen LogP contribution >= 0.6 is 11.6 Å². The van der Waals surface area contributed by atoms with Gasteiger partial charge in [0.25, 0.3) is 0 Å². The summed E-state index contributed by atoms with van der Waals surface area (Å²) in [6.07, 6.45) is 3.71. The largest absolute Gasteiger partial charge is 0.493 e. The van der Waals surface area contributed by atoms with Crippen LogP contribution in [0.25, 0.3) is 0 Å². The molecule has 0 saturated carbocycles. The Morgan fingerprint density at radius 3 is 2.54 bits per heavy atom. The van der Waals surface area contributed by atoms with Crippen LogP contribution in [0.4, 0.5) is 5.69 Å². The maximum absolute atomic E-state index is 6.22. The predicted molar refractivity (Wildman–Crippen MR) is 115 cm³/mol. The molecule has 0 spiro atoms. The molecule has 0 aliphatic carbocycles. The fourth-order valence-corrected chi connectivity index (χ4v) is 4.85. The van der Waals surface area contributed by atoms with Gasteiger partial charge in [0, 0.05) is 42.4 Å². The number of hydrogen-bond donors (Lipinski definition) is 0. The molecule has 0 radical (unpaired) electrons. The number of halogens is 1. The number of piperidine rings is 1. The number of anilines is 1. The topological polar surface area (TPSA) is 24.9 Å². The molecule has 0 aromatic heterocycles. The summed E-state index contributed by atoms with van der Waals surface area (Å²) in [4.78, 5) is 5.21. The van der Waals surface area contributed by atoms with Gasteiger partial charge in [-0.1, -0.05) is 17.7 Å². The minimum absolute atomic E-state index is 0.452. The quantitative estimate of drug-likeness (QED) is 0.714. The molecule has 4 nitrogen and oxygen atoms in total. The molecule has 2 fully saturated rings. The fourth-order valence-electron chi connectivity index (χ4n) is 4.73. The van der Waals surface area contributed by atoms with Crippen LogP contribution in [0.5, 0.6) is 11.5 Å². The predicted octanol–water partition coefficient (Wildman–Crippen LogP) is 5.08. The van der Waals surface area contributed by atoms with Crippen molar-refractivity contribution >= 4 is 17.3 Å². The monoisotopic (exact) mass is 400 g/mol. The van der Waals surface area contributed by atoms with E-state index >= 15 is 0 Å². The van der Waals surface area contributed by atoms with Crippen LogP contribution in [0.2, 0.25) is 5.02 Å². The Labute approximate surface area is 173 Å². The molecule has 2 atom stereocenters. The van der Waals surface area contributed by atoms with Gasteiger partial charge in [-0.3, -0.25) is 4.90 Å². The molecule has 2 aromatic carbocycles. The molecule has 150 valence electrons. The number of hydrogen-bond acceptors (Lipinski definition) is 4. The maximum Gasteiger partial charge on any atom is 0.161 e. The number of benzene rings is 2. The summed E-state index contributed by atoms with van der Waals surface area (Å²) in [6, 6.07) is 13.8. The Balaban J connectivity index is 1.53. The van der Waals surface area contributed by atoms with Gasteiger partial charge in [-0.15, -0.1) is 0 Å². The second kappa shape index (κ2) is 8.22. The molecule has 2 saturated heterocycles. The highest BCUT2D eigenvalue weighted by Crippen LogP contribution is 2.40. The van der Waals surface area contributed by atoms with E-state index in [4.69, 9.17) is 21.1 Å². The zero-order valence-corrected chi connectivity index (χ0v) is 17.7. The van der Waals surface area contributed by atoms with Crippen LogP contribution < -0.4 is 14.4 Å². The highest BCUT2D eigenvalue weighted by atomic mass is 35.5. The van der Waals surface area contributed by atoms with E-state index in [1.807, 2.05) is 12.1 Å². The van der Waals surface area contributed by atoms with Crippen molar-refractivity contribution in [1.82, 2.24) is 4.90 Å². The standard InChI is InChI=1S/C23H29ClN2O2/c1-16-13-18(8-9-20(16)24)25-11-12-26-19(15-25)5-4-6-21(26)17-7-10-22(27-2)23(14-17)28-3/h7-10,13-14,19,21H,4-6,11-12,15H2,1-3H3. The molecule has 4 rings (SSSR count). The van der Waals surface area contributed by atoms with E-state index in [2.05, 4.69) is 41.0 Å². The van der Waals surface area contributed by atoms with Crippen LogP contribution in [0.1, 0.15) is 36.4 Å². The van der Waals surface area contributed by atoms with Crippen molar-refractivity contribution < 1.29 is 9.47 Å². The molecule has 0 bridgehead atoms. The second-order valence-corrected chi connectivity index (χ2v) is 8.24. The van der Waals surface area contributed by atoms with Gasteiger partial charge in [-0.25, -0.2) is 0 Å². The molecule has 0 N–H and O–H groups in total. The van der Waals surface area contributed by atoms with Crippen molar-refractivity contribution in [3.8, 4) is 11.5 Å². The van der Waals surface area contributed by atoms with Crippen molar-refractivity contribution in [2.75, 3.05) is 38.8 Å². The summed E-state index contributed by atoms with van der Waals surface area (Å²) in [5.41, 5.74) is 3.77. The van der Waals surface area contributed by atoms with Crippen LogP contribution in [0.3, 0.4) is 0 Å². The highest BCUT2D eigenvalue weighted by molar-refractivity contribution is 6.31. The summed E-state index contributed by atoms with van der Waals surface area (Å²) in [6.45, 7) is 5.27. The van der Waals surface area contributed by atoms with Gasteiger partial charge in [0.1, 0.15) is 0 Å². The third-order valence-electron chi connectivity index (χ3n) is 6.24. The van der Waals surface area contributed by atoms with Crippen molar-refractivity contribution in [3.05, 3.63) is 52.5 Å². The Kier molecular flexibility index (Phi) is 5.70. The normalized spacial score (nSPS) is 22.6. The van der Waals surface area contributed by atoms with Crippen molar-refractivity contribution in [1.29, 1.82) is 0 Å². The summed E-state index contributed by atoms with van der Waals surface area (Å²) in [5.74, 6) is 1.61. The van der Waals surface area contributed by atoms with Gasteiger partial charge in [0.05, 0.1) is 14.2 Å². The third kappa shape index (κ3) is 3.68. The van der Waals surface area contributed by atoms with Crippen molar-refractivity contribution in [2.24, 2.45) is 0 Å². The van der Waals surface area contributed by atoms with E-state index in [9.17, 15) is 0 Å². The number of piperazine rings is 1. The fraction of sp³-hybridized carbons (Fsp3) is 0.478. The van der Waals surface area contributed by atoms with E-state index < -0.39 is 0 Å². The lowest BCUT2D eigenvalue weighted by molar-refractivity contribution is 0.0715. The van der Waals surface area contributed by atoms with Gasteiger partial charge in [-0.2, -0.15) is 0 Å². The molecule has 2 aromatic rings. The third-order valence-corrected chi connectivity index (χ3v) is 6.67. The molecular formula is C23H29ClN2O2. The van der Waals surface area contributed by atoms with Gasteiger partial charge >= 0.3 is 0 Å². The zero-order valence-electron chi connectivity index (χ0n) is 17.0. The average Bonchev–Trinajstić information content (AvgIpc) is 2.74. The van der Waals surface area contributed by atoms with Crippen LogP contribution in [0, 0.1) is 6.92 Å². The first kappa shape index (κ1) is 19.4. The molecular weight excluding hydrogens is 372 g/mol. The molecule has 0 amide bonds. The molecule has 5 heteroatoms. The number of fused-ring (bicyclic) bond motifs is 1. The van der Waals surface area contributed by atoms with Gasteiger partial charge in [0.15, 0.2) is 11.5 Å². The minimum Gasteiger partial charge on any atom is -0.493 e. The Morgan fingerprint density at radius 2 is 1.79 bits per heavy atom. The summed E-state index contributed by atoms with van der Waals surface area (Å²) in [7, 11) is 3.39. The first-order valence-electron chi connectivity index (χ1n) is 10.1. The number of ether oxygens (including phenoxy) is 2. The van der Waals surface area contributed by atoms with Gasteiger partial charge in [0.2, 0.25) is 0 Å². The van der Waals surface area contributed by atoms with Crippen LogP contribution in [-0.2, 0) is 0 Å². The molecule has 2 aliphatic heterocycles. The Hall–Kier alpha value is -1.91. The van der Waals surface area contributed by atoms with Crippen molar-refractivity contribution in [3.63, 3.8) is 0 Å². The van der Waals surface area contributed by atoms with Crippen molar-refractivity contribution in [2.45, 2.75) is 38.3 Å². The van der Waals surface area contributed by atoms with Crippen LogP contribution in [-0.4, -0.2) is 44.8 Å². The average molecular weight is 401 g/mol. The number of methoxy groups -OCH3 is 2. The van der Waals surface area contributed by atoms with E-state index in [1.54, 1.807) is 14.2 Å². The molecule has 2 aliphatic rings. The first-order chi connectivity index (χ1) is 13.6. The SMILES string of the molecule is COc1ccc(C2CCCC3CN(c4ccc(Cl)c(C)c4)CCN32)cc1OC. The lowest BCUT2D eigenvalue weighted by atomic mass is 9.89. The molecule has 2 heterocycles. The first-order valence-corrected chi connectivity index (χ1v) is 10.5. The lowest BCUT2D eigenvalue weighted by Crippen LogP contribution is -2.55. The molecule has 2 unspecified atom stereocenters. The number of nitrogens with zero attached hydrogens (tertiary/aromatic N) is 2. The smallest absolute Gasteiger partial charge is 0.161 e. The van der Waals surface area contributed by atoms with E-state index in [1.165, 1.54) is 30.5 Å². The summed E-state index contributed by atoms with van der Waals surface area (Å²) < 4.78 is 10.9. The molecule has 28 heavy (non-hydrogen) atoms. The number of rotatable bonds is 4. The zero-order chi connectivity index (χ0) is 19.7.